The molecule has 0 fully saturated rings. The van der Waals surface area contributed by atoms with Crippen molar-refractivity contribution in [2.75, 3.05) is 5.75 Å². The van der Waals surface area contributed by atoms with Crippen LogP contribution in [0.3, 0.4) is 0 Å². The number of thioether (sulfide) groups is 1. The second-order valence-corrected chi connectivity index (χ2v) is 6.13. The highest BCUT2D eigenvalue weighted by Crippen LogP contribution is 2.26. The van der Waals surface area contributed by atoms with Crippen molar-refractivity contribution in [3.63, 3.8) is 0 Å². The van der Waals surface area contributed by atoms with Gasteiger partial charge in [-0.3, -0.25) is 4.79 Å². The van der Waals surface area contributed by atoms with E-state index in [-0.39, 0.29) is 5.25 Å². The van der Waals surface area contributed by atoms with Gasteiger partial charge in [0, 0.05) is 5.25 Å². The summed E-state index contributed by atoms with van der Waals surface area (Å²) in [6.07, 6.45) is 3.89. The lowest BCUT2D eigenvalue weighted by molar-refractivity contribution is -0.167. The molecule has 0 saturated heterocycles. The molecular formula is C14H25F3OS. The van der Waals surface area contributed by atoms with E-state index in [1.165, 1.54) is 31.0 Å². The molecule has 114 valence electrons. The van der Waals surface area contributed by atoms with E-state index in [9.17, 15) is 18.0 Å². The van der Waals surface area contributed by atoms with Crippen LogP contribution in [0.5, 0.6) is 0 Å². The molecule has 0 saturated carbocycles. The maximum atomic E-state index is 12.1. The highest BCUT2D eigenvalue weighted by atomic mass is 32.2. The first-order valence-electron chi connectivity index (χ1n) is 7.13. The van der Waals surface area contributed by atoms with Crippen molar-refractivity contribution in [3.05, 3.63) is 0 Å². The Labute approximate surface area is 118 Å². The number of carbonyl (C=O) groups excluding carboxylic acids is 1. The SMILES string of the molecule is CCCCCCCC(CCC)SCC(=O)C(F)(F)F. The molecule has 0 aromatic heterocycles. The average molecular weight is 298 g/mol. The number of rotatable bonds is 11. The van der Waals surface area contributed by atoms with Crippen LogP contribution in [0.2, 0.25) is 0 Å². The van der Waals surface area contributed by atoms with Crippen LogP contribution in [-0.4, -0.2) is 23.0 Å². The van der Waals surface area contributed by atoms with Crippen molar-refractivity contribution in [3.8, 4) is 0 Å². The summed E-state index contributed by atoms with van der Waals surface area (Å²) >= 11 is 1.18. The summed E-state index contributed by atoms with van der Waals surface area (Å²) in [6, 6.07) is 0. The summed E-state index contributed by atoms with van der Waals surface area (Å²) in [6.45, 7) is 4.18. The molecule has 0 amide bonds. The summed E-state index contributed by atoms with van der Waals surface area (Å²) in [4.78, 5) is 10.8. The highest BCUT2D eigenvalue weighted by molar-refractivity contribution is 8.00. The summed E-state index contributed by atoms with van der Waals surface area (Å²) < 4.78 is 36.3. The second-order valence-electron chi connectivity index (χ2n) is 4.85. The minimum absolute atomic E-state index is 0.193. The number of unbranched alkanes of at least 4 members (excludes halogenated alkanes) is 4. The summed E-state index contributed by atoms with van der Waals surface area (Å²) in [5.41, 5.74) is 0. The van der Waals surface area contributed by atoms with E-state index >= 15 is 0 Å². The van der Waals surface area contributed by atoms with E-state index in [4.69, 9.17) is 0 Å². The van der Waals surface area contributed by atoms with Gasteiger partial charge in [-0.15, -0.1) is 0 Å². The van der Waals surface area contributed by atoms with Crippen molar-refractivity contribution >= 4 is 17.5 Å². The minimum Gasteiger partial charge on any atom is -0.289 e. The molecule has 0 aromatic rings. The summed E-state index contributed by atoms with van der Waals surface area (Å²) in [5.74, 6) is -2.03. The highest BCUT2D eigenvalue weighted by Gasteiger charge is 2.37. The zero-order valence-corrected chi connectivity index (χ0v) is 12.7. The molecule has 5 heteroatoms. The first-order chi connectivity index (χ1) is 8.91. The van der Waals surface area contributed by atoms with E-state index in [2.05, 4.69) is 6.92 Å². The lowest BCUT2D eigenvalue weighted by atomic mass is 10.1. The quantitative estimate of drug-likeness (QED) is 0.476. The van der Waals surface area contributed by atoms with Gasteiger partial charge in [0.2, 0.25) is 5.78 Å². The Morgan fingerprint density at radius 1 is 1.00 bits per heavy atom. The maximum Gasteiger partial charge on any atom is 0.450 e. The predicted octanol–water partition coefficient (Wildman–Crippen LogP) is 5.38. The molecule has 0 spiro atoms. The van der Waals surface area contributed by atoms with Crippen LogP contribution in [0.1, 0.15) is 65.2 Å². The van der Waals surface area contributed by atoms with Gasteiger partial charge in [-0.05, 0) is 12.8 Å². The largest absolute Gasteiger partial charge is 0.450 e. The van der Waals surface area contributed by atoms with E-state index in [1.807, 2.05) is 6.92 Å². The Morgan fingerprint density at radius 3 is 2.16 bits per heavy atom. The fourth-order valence-electron chi connectivity index (χ4n) is 1.88. The third-order valence-corrected chi connectivity index (χ3v) is 4.38. The molecule has 0 aliphatic carbocycles. The lowest BCUT2D eigenvalue weighted by Crippen LogP contribution is -2.25. The van der Waals surface area contributed by atoms with Crippen LogP contribution in [0, 0.1) is 0 Å². The summed E-state index contributed by atoms with van der Waals surface area (Å²) in [5, 5.41) is 0.193. The Hall–Kier alpha value is -0.190. The maximum absolute atomic E-state index is 12.1. The Kier molecular flexibility index (Phi) is 10.5. The third-order valence-electron chi connectivity index (χ3n) is 3.01. The zero-order valence-electron chi connectivity index (χ0n) is 11.9. The average Bonchev–Trinajstić information content (AvgIpc) is 2.33. The standard InChI is InChI=1S/C14H25F3OS/c1-3-5-6-7-8-10-12(9-4-2)19-11-13(18)14(15,16)17/h12H,3-11H2,1-2H3. The number of Topliss-reactive ketones (excluding diaryl/α,β-unsaturated/α-hetero) is 1. The van der Waals surface area contributed by atoms with Gasteiger partial charge in [0.1, 0.15) is 0 Å². The van der Waals surface area contributed by atoms with Crippen LogP contribution >= 0.6 is 11.8 Å². The molecule has 1 atom stereocenters. The van der Waals surface area contributed by atoms with Crippen LogP contribution in [0.15, 0.2) is 0 Å². The summed E-state index contributed by atoms with van der Waals surface area (Å²) in [7, 11) is 0. The first-order valence-corrected chi connectivity index (χ1v) is 8.18. The minimum atomic E-state index is -4.68. The molecule has 19 heavy (non-hydrogen) atoms. The van der Waals surface area contributed by atoms with E-state index in [1.54, 1.807) is 0 Å². The second kappa shape index (κ2) is 10.6. The molecule has 0 aliphatic heterocycles. The number of alkyl halides is 3. The number of carbonyl (C=O) groups is 1. The lowest BCUT2D eigenvalue weighted by Gasteiger charge is -2.15. The number of halogens is 3. The fraction of sp³-hybridized carbons (Fsp3) is 0.929. The van der Waals surface area contributed by atoms with E-state index < -0.39 is 17.7 Å². The van der Waals surface area contributed by atoms with Gasteiger partial charge in [0.25, 0.3) is 0 Å². The van der Waals surface area contributed by atoms with Crippen LogP contribution in [0.4, 0.5) is 13.2 Å². The third kappa shape index (κ3) is 10.3. The molecular weight excluding hydrogens is 273 g/mol. The van der Waals surface area contributed by atoms with Crippen molar-refractivity contribution in [2.24, 2.45) is 0 Å². The van der Waals surface area contributed by atoms with Gasteiger partial charge in [-0.1, -0.05) is 52.4 Å². The van der Waals surface area contributed by atoms with Gasteiger partial charge < -0.3 is 0 Å². The molecule has 0 aliphatic rings. The monoisotopic (exact) mass is 298 g/mol. The number of hydrogen-bond acceptors (Lipinski definition) is 2. The van der Waals surface area contributed by atoms with Gasteiger partial charge in [0.05, 0.1) is 5.75 Å². The molecule has 0 N–H and O–H groups in total. The van der Waals surface area contributed by atoms with Crippen molar-refractivity contribution in [1.82, 2.24) is 0 Å². The molecule has 0 bridgehead atoms. The van der Waals surface area contributed by atoms with Gasteiger partial charge in [0.15, 0.2) is 0 Å². The predicted molar refractivity (Wildman–Crippen MR) is 75.6 cm³/mol. The molecule has 0 radical (unpaired) electrons. The number of ketones is 1. The number of hydrogen-bond donors (Lipinski definition) is 0. The van der Waals surface area contributed by atoms with Crippen molar-refractivity contribution < 1.29 is 18.0 Å². The van der Waals surface area contributed by atoms with E-state index in [0.717, 1.165) is 32.1 Å². The Balaban J connectivity index is 3.88. The van der Waals surface area contributed by atoms with Crippen molar-refractivity contribution in [2.45, 2.75) is 76.6 Å². The first kappa shape index (κ1) is 18.8. The van der Waals surface area contributed by atoms with E-state index in [0.29, 0.717) is 0 Å². The normalized spacial score (nSPS) is 13.5. The van der Waals surface area contributed by atoms with Crippen LogP contribution in [-0.2, 0) is 4.79 Å². The smallest absolute Gasteiger partial charge is 0.289 e. The van der Waals surface area contributed by atoms with Crippen molar-refractivity contribution in [1.29, 1.82) is 0 Å². The Bertz CT molecular complexity index is 241. The molecule has 1 nitrogen and oxygen atoms in total. The molecule has 1 unspecified atom stereocenters. The Morgan fingerprint density at radius 2 is 1.63 bits per heavy atom. The van der Waals surface area contributed by atoms with Gasteiger partial charge >= 0.3 is 6.18 Å². The molecule has 0 heterocycles. The van der Waals surface area contributed by atoms with Gasteiger partial charge in [-0.2, -0.15) is 24.9 Å². The fourth-order valence-corrected chi connectivity index (χ4v) is 3.17. The topological polar surface area (TPSA) is 17.1 Å². The zero-order chi connectivity index (χ0) is 14.7. The van der Waals surface area contributed by atoms with Gasteiger partial charge in [-0.25, -0.2) is 0 Å². The van der Waals surface area contributed by atoms with Crippen LogP contribution in [0.25, 0.3) is 0 Å². The van der Waals surface area contributed by atoms with Crippen LogP contribution < -0.4 is 0 Å². The molecule has 0 aromatic carbocycles. The molecule has 0 rings (SSSR count).